The molecule has 1 amide bonds. The van der Waals surface area contributed by atoms with Crippen LogP contribution in [0.1, 0.15) is 39.7 Å². The van der Waals surface area contributed by atoms with Crippen molar-refractivity contribution in [3.8, 4) is 11.5 Å². The van der Waals surface area contributed by atoms with E-state index in [0.717, 1.165) is 5.75 Å². The molecule has 2 aromatic rings. The van der Waals surface area contributed by atoms with Gasteiger partial charge < -0.3 is 19.1 Å². The number of rotatable bonds is 7. The minimum Gasteiger partial charge on any atom is -0.489 e. The number of carbonyl (C=O) groups excluding carboxylic acids is 3. The Hall–Kier alpha value is -3.87. The molecule has 0 spiro atoms. The normalized spacial score (nSPS) is 14.3. The van der Waals surface area contributed by atoms with Gasteiger partial charge in [0.05, 0.1) is 20.6 Å². The highest BCUT2D eigenvalue weighted by molar-refractivity contribution is 6.24. The molecule has 0 saturated carbocycles. The van der Waals surface area contributed by atoms with Gasteiger partial charge in [-0.1, -0.05) is 32.9 Å². The van der Waals surface area contributed by atoms with Crippen LogP contribution in [0.5, 0.6) is 11.5 Å². The van der Waals surface area contributed by atoms with Gasteiger partial charge in [-0.3, -0.25) is 14.4 Å². The third kappa shape index (κ3) is 5.45. The molecule has 0 aromatic heterocycles. The molecule has 2 aromatic carbocycles. The second kappa shape index (κ2) is 10.2. The molecule has 184 valence electrons. The summed E-state index contributed by atoms with van der Waals surface area (Å²) in [6.45, 7) is 7.98. The summed E-state index contributed by atoms with van der Waals surface area (Å²) in [6.07, 6.45) is -0.241. The van der Waals surface area contributed by atoms with Gasteiger partial charge in [0, 0.05) is 23.9 Å². The number of hydrogen-bond donors (Lipinski definition) is 0. The van der Waals surface area contributed by atoms with E-state index >= 15 is 0 Å². The highest BCUT2D eigenvalue weighted by atomic mass is 16.5. The van der Waals surface area contributed by atoms with Gasteiger partial charge in [-0.25, -0.2) is 0 Å². The summed E-state index contributed by atoms with van der Waals surface area (Å²) >= 11 is 0. The first kappa shape index (κ1) is 25.7. The largest absolute Gasteiger partial charge is 0.489 e. The smallest absolute Gasteiger partial charge is 0.231 e. The zero-order valence-electron chi connectivity index (χ0n) is 21.2. The number of carbonyl (C=O) groups is 3. The van der Waals surface area contributed by atoms with Gasteiger partial charge in [0.25, 0.3) is 0 Å². The summed E-state index contributed by atoms with van der Waals surface area (Å²) in [7, 11) is 4.20. The zero-order valence-corrected chi connectivity index (χ0v) is 21.2. The van der Waals surface area contributed by atoms with Crippen LogP contribution < -0.4 is 9.64 Å². The van der Waals surface area contributed by atoms with Crippen molar-refractivity contribution in [1.29, 1.82) is 0 Å². The quantitative estimate of drug-likeness (QED) is 0.516. The minimum absolute atomic E-state index is 0.0644. The van der Waals surface area contributed by atoms with Crippen LogP contribution >= 0.6 is 0 Å². The fourth-order valence-corrected chi connectivity index (χ4v) is 3.72. The Bertz CT molecular complexity index is 1200. The number of hydrogen-bond acceptors (Lipinski definition) is 6. The number of anilines is 1. The summed E-state index contributed by atoms with van der Waals surface area (Å²) < 4.78 is 16.0. The molecule has 35 heavy (non-hydrogen) atoms. The van der Waals surface area contributed by atoms with Crippen molar-refractivity contribution < 1.29 is 28.6 Å². The first-order chi connectivity index (χ1) is 16.5. The highest BCUT2D eigenvalue weighted by Gasteiger charge is 2.36. The van der Waals surface area contributed by atoms with Gasteiger partial charge in [-0.2, -0.15) is 0 Å². The maximum Gasteiger partial charge on any atom is 0.231 e. The average molecular weight is 478 g/mol. The number of ketones is 2. The summed E-state index contributed by atoms with van der Waals surface area (Å²) in [4.78, 5) is 39.7. The summed E-state index contributed by atoms with van der Waals surface area (Å²) in [5.74, 6) is -0.324. The van der Waals surface area contributed by atoms with Crippen molar-refractivity contribution >= 4 is 23.2 Å². The van der Waals surface area contributed by atoms with E-state index in [1.165, 1.54) is 31.6 Å². The lowest BCUT2D eigenvalue weighted by molar-refractivity contribution is -0.122. The van der Waals surface area contributed by atoms with Gasteiger partial charge >= 0.3 is 0 Å². The fourth-order valence-electron chi connectivity index (χ4n) is 3.72. The predicted molar refractivity (Wildman–Crippen MR) is 133 cm³/mol. The molecule has 7 heteroatoms. The van der Waals surface area contributed by atoms with Gasteiger partial charge in [0.2, 0.25) is 29.0 Å². The van der Waals surface area contributed by atoms with E-state index in [1.54, 1.807) is 31.3 Å². The van der Waals surface area contributed by atoms with E-state index in [2.05, 4.69) is 20.8 Å². The number of nitrogens with zero attached hydrogens (tertiary/aromatic N) is 1. The predicted octanol–water partition coefficient (Wildman–Crippen LogP) is 5.10. The Morgan fingerprint density at radius 3 is 1.80 bits per heavy atom. The first-order valence-electron chi connectivity index (χ1n) is 11.2. The monoisotopic (exact) mass is 477 g/mol. The molecule has 0 aliphatic heterocycles. The Kier molecular flexibility index (Phi) is 7.48. The van der Waals surface area contributed by atoms with Gasteiger partial charge in [-0.05, 0) is 54.3 Å². The highest BCUT2D eigenvalue weighted by Crippen LogP contribution is 2.30. The summed E-state index contributed by atoms with van der Waals surface area (Å²) in [5, 5.41) is 0. The molecular formula is C28H31NO6. The lowest BCUT2D eigenvalue weighted by Gasteiger charge is -2.22. The third-order valence-corrected chi connectivity index (χ3v) is 5.98. The topological polar surface area (TPSA) is 82.1 Å². The Labute approximate surface area is 206 Å². The van der Waals surface area contributed by atoms with Crippen LogP contribution in [0, 0.1) is 0 Å². The van der Waals surface area contributed by atoms with Crippen LogP contribution in [-0.2, 0) is 29.3 Å². The van der Waals surface area contributed by atoms with E-state index in [-0.39, 0.29) is 40.4 Å². The summed E-state index contributed by atoms with van der Waals surface area (Å²) in [6, 6.07) is 15.0. The standard InChI is InChI=1S/C28H31NO6/c1-17-22(25(32)27(34-7)26(33-6)24(17)31)16-23(30)29(5)19-10-14-21(15-11-19)35-20-12-8-18(9-13-20)28(2,3)4/h8-15H,16H2,1-7H3. The van der Waals surface area contributed by atoms with Crippen molar-refractivity contribution in [2.75, 3.05) is 26.2 Å². The Morgan fingerprint density at radius 1 is 0.829 bits per heavy atom. The second-order valence-electron chi connectivity index (χ2n) is 9.33. The van der Waals surface area contributed by atoms with Crippen LogP contribution in [0.25, 0.3) is 0 Å². The van der Waals surface area contributed by atoms with E-state index in [9.17, 15) is 14.4 Å². The van der Waals surface area contributed by atoms with Crippen LogP contribution in [0.2, 0.25) is 0 Å². The molecule has 0 bridgehead atoms. The summed E-state index contributed by atoms with van der Waals surface area (Å²) in [5.41, 5.74) is 2.18. The first-order valence-corrected chi connectivity index (χ1v) is 11.2. The van der Waals surface area contributed by atoms with E-state index in [1.807, 2.05) is 24.3 Å². The van der Waals surface area contributed by atoms with Crippen LogP contribution in [-0.4, -0.2) is 38.7 Å². The Balaban J connectivity index is 1.70. The molecule has 7 nitrogen and oxygen atoms in total. The molecule has 1 aliphatic carbocycles. The molecule has 3 rings (SSSR count). The van der Waals surface area contributed by atoms with Gasteiger partial charge in [-0.15, -0.1) is 0 Å². The maximum atomic E-state index is 13.0. The number of amides is 1. The molecule has 0 atom stereocenters. The van der Waals surface area contributed by atoms with E-state index in [0.29, 0.717) is 11.4 Å². The molecular weight excluding hydrogens is 446 g/mol. The van der Waals surface area contributed by atoms with Crippen molar-refractivity contribution in [2.24, 2.45) is 0 Å². The van der Waals surface area contributed by atoms with E-state index in [4.69, 9.17) is 14.2 Å². The van der Waals surface area contributed by atoms with Crippen molar-refractivity contribution in [3.63, 3.8) is 0 Å². The molecule has 0 unspecified atom stereocenters. The molecule has 0 saturated heterocycles. The fraction of sp³-hybridized carbons (Fsp3) is 0.321. The van der Waals surface area contributed by atoms with Crippen LogP contribution in [0.15, 0.2) is 71.2 Å². The number of allylic oxidation sites excluding steroid dienone is 2. The van der Waals surface area contributed by atoms with Crippen molar-refractivity contribution in [1.82, 2.24) is 0 Å². The van der Waals surface area contributed by atoms with Crippen LogP contribution in [0.3, 0.4) is 0 Å². The van der Waals surface area contributed by atoms with E-state index < -0.39 is 11.6 Å². The lowest BCUT2D eigenvalue weighted by Crippen LogP contribution is -2.31. The molecule has 1 aliphatic rings. The lowest BCUT2D eigenvalue weighted by atomic mass is 9.87. The second-order valence-corrected chi connectivity index (χ2v) is 9.33. The SMILES string of the molecule is COC1=C(OC)C(=O)C(CC(=O)N(C)c2ccc(Oc3ccc(C(C)(C)C)cc3)cc2)=C(C)C1=O. The molecule has 0 fully saturated rings. The van der Waals surface area contributed by atoms with Gasteiger partial charge in [0.15, 0.2) is 0 Å². The molecule has 0 heterocycles. The molecule has 0 N–H and O–H groups in total. The zero-order chi connectivity index (χ0) is 25.9. The average Bonchev–Trinajstić information content (AvgIpc) is 2.83. The number of Topliss-reactive ketones (excluding diaryl/α,β-unsaturated/α-hetero) is 2. The third-order valence-electron chi connectivity index (χ3n) is 5.98. The minimum atomic E-state index is -0.524. The number of ether oxygens (including phenoxy) is 3. The molecule has 0 radical (unpaired) electrons. The van der Waals surface area contributed by atoms with Crippen molar-refractivity contribution in [3.05, 3.63) is 76.8 Å². The maximum absolute atomic E-state index is 13.0. The van der Waals surface area contributed by atoms with Crippen molar-refractivity contribution in [2.45, 2.75) is 39.5 Å². The number of benzene rings is 2. The Morgan fingerprint density at radius 2 is 1.31 bits per heavy atom. The van der Waals surface area contributed by atoms with Crippen LogP contribution in [0.4, 0.5) is 5.69 Å². The number of methoxy groups -OCH3 is 2. The van der Waals surface area contributed by atoms with Gasteiger partial charge in [0.1, 0.15) is 11.5 Å².